The Bertz CT molecular complexity index is 827. The van der Waals surface area contributed by atoms with E-state index in [4.69, 9.17) is 32.7 Å². The van der Waals surface area contributed by atoms with E-state index in [9.17, 15) is 14.4 Å². The third-order valence-corrected chi connectivity index (χ3v) is 6.26. The lowest BCUT2D eigenvalue weighted by Gasteiger charge is -2.07. The van der Waals surface area contributed by atoms with E-state index in [-0.39, 0.29) is 56.3 Å². The molecule has 1 aromatic heterocycles. The Morgan fingerprint density at radius 3 is 2.25 bits per heavy atom. The molecule has 1 aliphatic carbocycles. The smallest absolute Gasteiger partial charge is 0.348 e. The number of carbonyl (C=O) groups excluding carboxylic acids is 3. The fraction of sp³-hybridized carbons (Fsp3) is 0.526. The SMILES string of the molecule is CCOC(=O)c1sc(NC(=O)[C@H]2[C@H](C=C(Cl)Cl)C2(C)C)c(C(=O)OCC)c1C. The number of rotatable bonds is 7. The predicted octanol–water partition coefficient (Wildman–Crippen LogP) is 4.94. The summed E-state index contributed by atoms with van der Waals surface area (Å²) in [6.07, 6.45) is 1.64. The van der Waals surface area contributed by atoms with Gasteiger partial charge in [-0.2, -0.15) is 0 Å². The number of allylic oxidation sites excluding steroid dienone is 1. The Morgan fingerprint density at radius 2 is 1.71 bits per heavy atom. The van der Waals surface area contributed by atoms with Crippen molar-refractivity contribution in [1.82, 2.24) is 0 Å². The minimum Gasteiger partial charge on any atom is -0.462 e. The summed E-state index contributed by atoms with van der Waals surface area (Å²) in [6.45, 7) is 9.26. The van der Waals surface area contributed by atoms with Crippen LogP contribution in [0.5, 0.6) is 0 Å². The molecule has 0 saturated heterocycles. The van der Waals surface area contributed by atoms with Gasteiger partial charge in [0.25, 0.3) is 0 Å². The highest BCUT2D eigenvalue weighted by molar-refractivity contribution is 7.18. The first-order valence-corrected chi connectivity index (χ1v) is 10.4. The van der Waals surface area contributed by atoms with Crippen molar-refractivity contribution in [3.8, 4) is 0 Å². The minimum absolute atomic E-state index is 0.108. The van der Waals surface area contributed by atoms with Crippen molar-refractivity contribution in [2.45, 2.75) is 34.6 Å². The van der Waals surface area contributed by atoms with Gasteiger partial charge in [0.15, 0.2) is 0 Å². The lowest BCUT2D eigenvalue weighted by molar-refractivity contribution is -0.118. The van der Waals surface area contributed by atoms with Crippen molar-refractivity contribution in [1.29, 1.82) is 0 Å². The summed E-state index contributed by atoms with van der Waals surface area (Å²) in [6, 6.07) is 0. The summed E-state index contributed by atoms with van der Waals surface area (Å²) >= 11 is 12.5. The molecule has 2 rings (SSSR count). The fourth-order valence-electron chi connectivity index (χ4n) is 3.26. The highest BCUT2D eigenvalue weighted by Crippen LogP contribution is 2.60. The number of ether oxygens (including phenoxy) is 2. The quantitative estimate of drug-likeness (QED) is 0.598. The molecule has 28 heavy (non-hydrogen) atoms. The van der Waals surface area contributed by atoms with Gasteiger partial charge in [0.05, 0.1) is 24.7 Å². The van der Waals surface area contributed by atoms with Crippen LogP contribution in [-0.4, -0.2) is 31.1 Å². The molecule has 154 valence electrons. The topological polar surface area (TPSA) is 81.7 Å². The van der Waals surface area contributed by atoms with Crippen LogP contribution >= 0.6 is 34.5 Å². The fourth-order valence-corrected chi connectivity index (χ4v) is 4.62. The van der Waals surface area contributed by atoms with Gasteiger partial charge in [-0.1, -0.05) is 37.0 Å². The summed E-state index contributed by atoms with van der Waals surface area (Å²) in [5, 5.41) is 3.05. The molecule has 0 unspecified atom stereocenters. The van der Waals surface area contributed by atoms with Crippen LogP contribution in [0.4, 0.5) is 5.00 Å². The van der Waals surface area contributed by atoms with Crippen molar-refractivity contribution < 1.29 is 23.9 Å². The molecule has 1 amide bonds. The predicted molar refractivity (Wildman–Crippen MR) is 110 cm³/mol. The maximum Gasteiger partial charge on any atom is 0.348 e. The second kappa shape index (κ2) is 8.84. The second-order valence-corrected chi connectivity index (χ2v) is 9.00. The van der Waals surface area contributed by atoms with Crippen LogP contribution in [0.3, 0.4) is 0 Å². The molecule has 0 bridgehead atoms. The first kappa shape index (κ1) is 22.7. The van der Waals surface area contributed by atoms with Crippen molar-refractivity contribution >= 4 is 57.4 Å². The summed E-state index contributed by atoms with van der Waals surface area (Å²) in [5.74, 6) is -1.89. The van der Waals surface area contributed by atoms with E-state index in [0.717, 1.165) is 11.3 Å². The van der Waals surface area contributed by atoms with Gasteiger partial charge in [0.2, 0.25) is 5.91 Å². The zero-order valence-corrected chi connectivity index (χ0v) is 18.7. The van der Waals surface area contributed by atoms with Crippen LogP contribution in [0.2, 0.25) is 0 Å². The Balaban J connectivity index is 2.35. The maximum absolute atomic E-state index is 12.8. The molecule has 9 heteroatoms. The van der Waals surface area contributed by atoms with Gasteiger partial charge < -0.3 is 14.8 Å². The molecule has 1 aliphatic rings. The number of thiophene rings is 1. The van der Waals surface area contributed by atoms with Gasteiger partial charge in [-0.3, -0.25) is 4.79 Å². The van der Waals surface area contributed by atoms with Crippen molar-refractivity contribution in [3.63, 3.8) is 0 Å². The van der Waals surface area contributed by atoms with E-state index in [2.05, 4.69) is 5.32 Å². The van der Waals surface area contributed by atoms with E-state index in [1.54, 1.807) is 26.8 Å². The molecule has 0 aromatic carbocycles. The average Bonchev–Trinajstić information content (AvgIpc) is 2.94. The first-order chi connectivity index (χ1) is 13.1. The Hall–Kier alpha value is -1.57. The summed E-state index contributed by atoms with van der Waals surface area (Å²) in [4.78, 5) is 37.7. The minimum atomic E-state index is -0.600. The van der Waals surface area contributed by atoms with Crippen molar-refractivity contribution in [2.75, 3.05) is 18.5 Å². The van der Waals surface area contributed by atoms with Crippen LogP contribution in [0.25, 0.3) is 0 Å². The van der Waals surface area contributed by atoms with E-state index in [1.807, 2.05) is 13.8 Å². The van der Waals surface area contributed by atoms with E-state index in [1.165, 1.54) is 0 Å². The molecule has 1 saturated carbocycles. The van der Waals surface area contributed by atoms with Crippen LogP contribution in [0.15, 0.2) is 10.6 Å². The van der Waals surface area contributed by atoms with Gasteiger partial charge in [0, 0.05) is 0 Å². The molecule has 6 nitrogen and oxygen atoms in total. The largest absolute Gasteiger partial charge is 0.462 e. The van der Waals surface area contributed by atoms with Gasteiger partial charge in [-0.05, 0) is 43.7 Å². The third-order valence-electron chi connectivity index (χ3n) is 4.82. The lowest BCUT2D eigenvalue weighted by atomic mass is 10.1. The van der Waals surface area contributed by atoms with E-state index < -0.39 is 11.9 Å². The van der Waals surface area contributed by atoms with Gasteiger partial charge in [0.1, 0.15) is 14.4 Å². The summed E-state index contributed by atoms with van der Waals surface area (Å²) in [5.41, 5.74) is 0.274. The maximum atomic E-state index is 12.8. The zero-order chi connectivity index (χ0) is 21.2. The zero-order valence-electron chi connectivity index (χ0n) is 16.4. The molecule has 0 radical (unpaired) electrons. The van der Waals surface area contributed by atoms with E-state index >= 15 is 0 Å². The summed E-state index contributed by atoms with van der Waals surface area (Å²) in [7, 11) is 0. The van der Waals surface area contributed by atoms with Crippen molar-refractivity contribution in [3.05, 3.63) is 26.6 Å². The molecule has 0 aliphatic heterocycles. The molecule has 1 fully saturated rings. The van der Waals surface area contributed by atoms with Gasteiger partial charge >= 0.3 is 11.9 Å². The number of hydrogen-bond donors (Lipinski definition) is 1. The highest BCUT2D eigenvalue weighted by Gasteiger charge is 2.60. The number of carbonyl (C=O) groups is 3. The molecule has 1 heterocycles. The van der Waals surface area contributed by atoms with Crippen LogP contribution in [0.1, 0.15) is 53.3 Å². The Kier molecular flexibility index (Phi) is 7.17. The number of nitrogens with one attached hydrogen (secondary N) is 1. The number of anilines is 1. The average molecular weight is 448 g/mol. The van der Waals surface area contributed by atoms with Crippen LogP contribution in [0, 0.1) is 24.2 Å². The molecular formula is C19H23Cl2NO5S. The van der Waals surface area contributed by atoms with Gasteiger partial charge in [-0.15, -0.1) is 11.3 Å². The monoisotopic (exact) mass is 447 g/mol. The highest BCUT2D eigenvalue weighted by atomic mass is 35.5. The number of amides is 1. The van der Waals surface area contributed by atoms with Crippen LogP contribution in [-0.2, 0) is 14.3 Å². The standard InChI is InChI=1S/C19H23Cl2NO5S/c1-6-26-17(24)12-9(3)14(18(25)27-7-2)28-16(12)22-15(23)13-10(8-11(20)21)19(13,4)5/h8,10,13H,6-7H2,1-5H3,(H,22,23)/t10-,13+/m0/s1. The summed E-state index contributed by atoms with van der Waals surface area (Å²) < 4.78 is 10.2. The number of hydrogen-bond acceptors (Lipinski definition) is 6. The number of esters is 2. The molecule has 1 N–H and O–H groups in total. The van der Waals surface area contributed by atoms with Crippen molar-refractivity contribution in [2.24, 2.45) is 17.3 Å². The molecule has 2 atom stereocenters. The normalized spacial score (nSPS) is 19.5. The molecule has 1 aromatic rings. The first-order valence-electron chi connectivity index (χ1n) is 8.87. The third kappa shape index (κ3) is 4.53. The Labute approximate surface area is 178 Å². The van der Waals surface area contributed by atoms with Crippen LogP contribution < -0.4 is 5.32 Å². The molecule has 0 spiro atoms. The molecular weight excluding hydrogens is 425 g/mol. The van der Waals surface area contributed by atoms with Gasteiger partial charge in [-0.25, -0.2) is 9.59 Å². The lowest BCUT2D eigenvalue weighted by Crippen LogP contribution is -2.18. The second-order valence-electron chi connectivity index (χ2n) is 6.97. The van der Waals surface area contributed by atoms with E-state index in [0.29, 0.717) is 5.56 Å². The number of halogens is 2. The Morgan fingerprint density at radius 1 is 1.14 bits per heavy atom.